The van der Waals surface area contributed by atoms with Crippen molar-refractivity contribution in [2.45, 2.75) is 32.5 Å². The van der Waals surface area contributed by atoms with Gasteiger partial charge in [-0.25, -0.2) is 14.6 Å². The lowest BCUT2D eigenvalue weighted by Gasteiger charge is -2.21. The summed E-state index contributed by atoms with van der Waals surface area (Å²) in [5.41, 5.74) is -4.14. The second-order valence-corrected chi connectivity index (χ2v) is 5.01. The third-order valence-electron chi connectivity index (χ3n) is 2.08. The van der Waals surface area contributed by atoms with Crippen LogP contribution in [0.15, 0.2) is 12.3 Å². The highest BCUT2D eigenvalue weighted by Crippen LogP contribution is 2.35. The maximum Gasteiger partial charge on any atom is 0.435 e. The summed E-state index contributed by atoms with van der Waals surface area (Å²) < 4.78 is 43.3. The van der Waals surface area contributed by atoms with Gasteiger partial charge in [-0.3, -0.25) is 5.32 Å². The second kappa shape index (κ2) is 5.58. The Kier molecular flexibility index (Phi) is 4.45. The number of pyridine rings is 1. The zero-order valence-electron chi connectivity index (χ0n) is 11.4. The molecular formula is C12H13F3N2O4. The van der Waals surface area contributed by atoms with E-state index in [4.69, 9.17) is 9.84 Å². The maximum atomic E-state index is 12.8. The molecule has 2 N–H and O–H groups in total. The average Bonchev–Trinajstić information content (AvgIpc) is 2.24. The number of halogens is 3. The molecule has 0 unspecified atom stereocenters. The van der Waals surface area contributed by atoms with Crippen LogP contribution in [0.5, 0.6) is 0 Å². The van der Waals surface area contributed by atoms with Crippen LogP contribution in [0.2, 0.25) is 0 Å². The lowest BCUT2D eigenvalue weighted by Crippen LogP contribution is -2.29. The van der Waals surface area contributed by atoms with E-state index in [9.17, 15) is 22.8 Å². The van der Waals surface area contributed by atoms with Gasteiger partial charge in [0.25, 0.3) is 0 Å². The molecule has 0 saturated heterocycles. The molecule has 1 aromatic heterocycles. The number of alkyl halides is 3. The molecule has 0 aliphatic heterocycles. The fraction of sp³-hybridized carbons (Fsp3) is 0.417. The molecule has 0 aromatic carbocycles. The van der Waals surface area contributed by atoms with Gasteiger partial charge in [-0.15, -0.1) is 0 Å². The van der Waals surface area contributed by atoms with E-state index >= 15 is 0 Å². The van der Waals surface area contributed by atoms with Crippen LogP contribution in [0, 0.1) is 0 Å². The highest BCUT2D eigenvalue weighted by atomic mass is 19.4. The first-order valence-corrected chi connectivity index (χ1v) is 5.71. The molecule has 0 aliphatic rings. The van der Waals surface area contributed by atoms with Gasteiger partial charge in [0.2, 0.25) is 0 Å². The van der Waals surface area contributed by atoms with Gasteiger partial charge in [-0.05, 0) is 26.8 Å². The number of carboxylic acids is 1. The van der Waals surface area contributed by atoms with Crippen LogP contribution in [-0.4, -0.2) is 27.8 Å². The summed E-state index contributed by atoms with van der Waals surface area (Å²) in [6, 6.07) is 0.851. The first kappa shape index (κ1) is 16.7. The van der Waals surface area contributed by atoms with Gasteiger partial charge >= 0.3 is 18.2 Å². The monoisotopic (exact) mass is 306 g/mol. The number of aromatic nitrogens is 1. The van der Waals surface area contributed by atoms with Gasteiger partial charge in [0.05, 0.1) is 11.3 Å². The van der Waals surface area contributed by atoms with Crippen LogP contribution in [0.1, 0.15) is 36.8 Å². The zero-order valence-corrected chi connectivity index (χ0v) is 11.4. The summed E-state index contributed by atoms with van der Waals surface area (Å²) in [5, 5.41) is 10.7. The Morgan fingerprint density at radius 3 is 2.29 bits per heavy atom. The van der Waals surface area contributed by atoms with Crippen molar-refractivity contribution >= 4 is 17.7 Å². The third-order valence-corrected chi connectivity index (χ3v) is 2.08. The predicted molar refractivity (Wildman–Crippen MR) is 66.1 cm³/mol. The standard InChI is InChI=1S/C12H13F3N2O4/c1-11(2,3)21-10(20)17-7-6(9(18)19)4-5-16-8(7)12(13,14)15/h4-5H,1-3H3,(H,17,20)(H,18,19). The molecule has 0 bridgehead atoms. The largest absolute Gasteiger partial charge is 0.478 e. The van der Waals surface area contributed by atoms with Crippen molar-refractivity contribution in [3.8, 4) is 0 Å². The van der Waals surface area contributed by atoms with E-state index in [1.807, 2.05) is 0 Å². The number of hydrogen-bond acceptors (Lipinski definition) is 4. The fourth-order valence-corrected chi connectivity index (χ4v) is 1.39. The molecule has 0 atom stereocenters. The van der Waals surface area contributed by atoms with Crippen molar-refractivity contribution in [2.24, 2.45) is 0 Å². The Bertz CT molecular complexity index is 565. The van der Waals surface area contributed by atoms with Crippen LogP contribution in [-0.2, 0) is 10.9 Å². The average molecular weight is 306 g/mol. The van der Waals surface area contributed by atoms with Crippen molar-refractivity contribution in [3.05, 3.63) is 23.5 Å². The molecule has 9 heteroatoms. The number of hydrogen-bond donors (Lipinski definition) is 2. The number of anilines is 1. The van der Waals surface area contributed by atoms with E-state index in [1.54, 1.807) is 5.32 Å². The van der Waals surface area contributed by atoms with Crippen molar-refractivity contribution < 1.29 is 32.6 Å². The van der Waals surface area contributed by atoms with Gasteiger partial charge < -0.3 is 9.84 Å². The van der Waals surface area contributed by atoms with Gasteiger partial charge in [-0.1, -0.05) is 0 Å². The summed E-state index contributed by atoms with van der Waals surface area (Å²) in [6.45, 7) is 4.54. The van der Waals surface area contributed by atoms with Crippen molar-refractivity contribution in [2.75, 3.05) is 5.32 Å². The number of carbonyl (C=O) groups is 2. The topological polar surface area (TPSA) is 88.5 Å². The maximum absolute atomic E-state index is 12.8. The lowest BCUT2D eigenvalue weighted by molar-refractivity contribution is -0.140. The molecular weight excluding hydrogens is 293 g/mol. The van der Waals surface area contributed by atoms with Crippen LogP contribution in [0.4, 0.5) is 23.7 Å². The Balaban J connectivity index is 3.25. The van der Waals surface area contributed by atoms with Gasteiger partial charge in [-0.2, -0.15) is 13.2 Å². The van der Waals surface area contributed by atoms with E-state index in [1.165, 1.54) is 20.8 Å². The minimum atomic E-state index is -4.92. The second-order valence-electron chi connectivity index (χ2n) is 5.01. The molecule has 0 spiro atoms. The van der Waals surface area contributed by atoms with E-state index in [2.05, 4.69) is 4.98 Å². The summed E-state index contributed by atoms with van der Waals surface area (Å²) in [4.78, 5) is 25.6. The number of nitrogens with zero attached hydrogens (tertiary/aromatic N) is 1. The van der Waals surface area contributed by atoms with E-state index < -0.39 is 40.8 Å². The number of rotatable bonds is 2. The molecule has 1 amide bonds. The third kappa shape index (κ3) is 4.62. The SMILES string of the molecule is CC(C)(C)OC(=O)Nc1c(C(=O)O)ccnc1C(F)(F)F. The van der Waals surface area contributed by atoms with Crippen LogP contribution < -0.4 is 5.32 Å². The summed E-state index contributed by atoms with van der Waals surface area (Å²) in [7, 11) is 0. The first-order valence-electron chi connectivity index (χ1n) is 5.71. The first-order chi connectivity index (χ1) is 9.42. The van der Waals surface area contributed by atoms with Crippen LogP contribution in [0.25, 0.3) is 0 Å². The van der Waals surface area contributed by atoms with Crippen molar-refractivity contribution in [3.63, 3.8) is 0 Å². The molecule has 1 aromatic rings. The minimum Gasteiger partial charge on any atom is -0.478 e. The Labute approximate surface area is 117 Å². The molecule has 0 radical (unpaired) electrons. The number of carbonyl (C=O) groups excluding carboxylic acids is 1. The highest BCUT2D eigenvalue weighted by Gasteiger charge is 2.38. The normalized spacial score (nSPS) is 11.9. The molecule has 0 aliphatic carbocycles. The van der Waals surface area contributed by atoms with E-state index in [-0.39, 0.29) is 0 Å². The Hall–Kier alpha value is -2.32. The van der Waals surface area contributed by atoms with Crippen molar-refractivity contribution in [1.29, 1.82) is 0 Å². The van der Waals surface area contributed by atoms with Crippen LogP contribution in [0.3, 0.4) is 0 Å². The molecule has 21 heavy (non-hydrogen) atoms. The number of amides is 1. The molecule has 0 saturated carbocycles. The zero-order chi connectivity index (χ0) is 16.4. The predicted octanol–water partition coefficient (Wildman–Crippen LogP) is 3.15. The number of nitrogens with one attached hydrogen (secondary N) is 1. The van der Waals surface area contributed by atoms with Gasteiger partial charge in [0, 0.05) is 6.20 Å². The molecule has 6 nitrogen and oxygen atoms in total. The van der Waals surface area contributed by atoms with E-state index in [0.29, 0.717) is 6.20 Å². The number of aromatic carboxylic acids is 1. The quantitative estimate of drug-likeness (QED) is 0.876. The molecule has 116 valence electrons. The molecule has 1 heterocycles. The smallest absolute Gasteiger partial charge is 0.435 e. The molecule has 0 fully saturated rings. The summed E-state index contributed by atoms with van der Waals surface area (Å²) in [6.07, 6.45) is -5.42. The minimum absolute atomic E-state index is 0.701. The van der Waals surface area contributed by atoms with Gasteiger partial charge in [0.1, 0.15) is 5.60 Å². The van der Waals surface area contributed by atoms with Crippen molar-refractivity contribution in [1.82, 2.24) is 4.98 Å². The number of ether oxygens (including phenoxy) is 1. The molecule has 1 rings (SSSR count). The van der Waals surface area contributed by atoms with E-state index in [0.717, 1.165) is 6.07 Å². The fourth-order valence-electron chi connectivity index (χ4n) is 1.39. The highest BCUT2D eigenvalue weighted by molar-refractivity contribution is 5.99. The van der Waals surface area contributed by atoms with Crippen LogP contribution >= 0.6 is 0 Å². The summed E-state index contributed by atoms with van der Waals surface area (Å²) >= 11 is 0. The lowest BCUT2D eigenvalue weighted by atomic mass is 10.1. The summed E-state index contributed by atoms with van der Waals surface area (Å²) in [5.74, 6) is -1.63. The Morgan fingerprint density at radius 1 is 1.29 bits per heavy atom. The van der Waals surface area contributed by atoms with Gasteiger partial charge in [0.15, 0.2) is 5.69 Å². The number of carboxylic acid groups (broad SMARTS) is 1. The Morgan fingerprint density at radius 2 is 1.86 bits per heavy atom.